The summed E-state index contributed by atoms with van der Waals surface area (Å²) in [6, 6.07) is 4.09. The van der Waals surface area contributed by atoms with Gasteiger partial charge in [0.2, 0.25) is 5.95 Å². The Morgan fingerprint density at radius 3 is 2.38 bits per heavy atom. The second kappa shape index (κ2) is 8.32. The van der Waals surface area contributed by atoms with E-state index >= 15 is 0 Å². The molecule has 0 bridgehead atoms. The van der Waals surface area contributed by atoms with Crippen molar-refractivity contribution in [3.63, 3.8) is 0 Å². The van der Waals surface area contributed by atoms with E-state index in [2.05, 4.69) is 26.3 Å². The number of nitrogens with one attached hydrogen (secondary N) is 1. The average Bonchev–Trinajstić information content (AvgIpc) is 2.51. The van der Waals surface area contributed by atoms with Crippen LogP contribution in [0.2, 0.25) is 0 Å². The van der Waals surface area contributed by atoms with Gasteiger partial charge in [0.25, 0.3) is 0 Å². The Bertz CT molecular complexity index is 525. The maximum absolute atomic E-state index is 8.70. The molecule has 2 aromatic heterocycles. The van der Waals surface area contributed by atoms with Crippen LogP contribution in [-0.4, -0.2) is 33.2 Å². The van der Waals surface area contributed by atoms with E-state index in [1.165, 1.54) is 0 Å². The van der Waals surface area contributed by atoms with Gasteiger partial charge in [-0.05, 0) is 43.4 Å². The lowest BCUT2D eigenvalue weighted by molar-refractivity contribution is 0.283. The van der Waals surface area contributed by atoms with E-state index in [9.17, 15) is 0 Å². The molecule has 2 rings (SSSR count). The smallest absolute Gasteiger partial charge is 0.222 e. The van der Waals surface area contributed by atoms with E-state index in [1.807, 2.05) is 31.6 Å². The summed E-state index contributed by atoms with van der Waals surface area (Å²) in [7, 11) is 0. The highest BCUT2D eigenvalue weighted by molar-refractivity contribution is 5.27. The molecule has 0 saturated heterocycles. The van der Waals surface area contributed by atoms with Crippen LogP contribution in [0.1, 0.15) is 36.1 Å². The number of nitrogens with zero attached hydrogens (tertiary/aromatic N) is 3. The van der Waals surface area contributed by atoms with Gasteiger partial charge in [-0.1, -0.05) is 6.07 Å². The van der Waals surface area contributed by atoms with Crippen molar-refractivity contribution in [2.45, 2.75) is 32.6 Å². The minimum atomic E-state index is 0.263. The van der Waals surface area contributed by atoms with E-state index in [0.717, 1.165) is 49.0 Å². The Balaban J connectivity index is 1.80. The minimum Gasteiger partial charge on any atom is -0.396 e. The standard InChI is InChI=1S/C16H22N4O/c1-13-5-6-14(10-18-13)9-15-11-19-16(20-12-15)17-7-3-2-4-8-21/h5-6,10-12,21H,2-4,7-9H2,1H3,(H,17,19,20). The molecule has 0 saturated carbocycles. The van der Waals surface area contributed by atoms with Crippen LogP contribution in [0.4, 0.5) is 5.95 Å². The summed E-state index contributed by atoms with van der Waals surface area (Å²) < 4.78 is 0. The van der Waals surface area contributed by atoms with Gasteiger partial charge in [0, 0.05) is 43.9 Å². The molecule has 0 aromatic carbocycles. The maximum atomic E-state index is 8.70. The summed E-state index contributed by atoms with van der Waals surface area (Å²) >= 11 is 0. The SMILES string of the molecule is Cc1ccc(Cc2cnc(NCCCCCO)nc2)cn1. The van der Waals surface area contributed by atoms with Crippen molar-refractivity contribution in [1.29, 1.82) is 0 Å². The van der Waals surface area contributed by atoms with Crippen molar-refractivity contribution in [1.82, 2.24) is 15.0 Å². The molecule has 0 amide bonds. The summed E-state index contributed by atoms with van der Waals surface area (Å²) in [5.41, 5.74) is 3.26. The van der Waals surface area contributed by atoms with Crippen molar-refractivity contribution < 1.29 is 5.11 Å². The number of aryl methyl sites for hydroxylation is 1. The van der Waals surface area contributed by atoms with Crippen LogP contribution in [0.25, 0.3) is 0 Å². The van der Waals surface area contributed by atoms with Crippen molar-refractivity contribution >= 4 is 5.95 Å². The van der Waals surface area contributed by atoms with Gasteiger partial charge in [0.15, 0.2) is 0 Å². The van der Waals surface area contributed by atoms with E-state index < -0.39 is 0 Å². The van der Waals surface area contributed by atoms with Gasteiger partial charge in [-0.15, -0.1) is 0 Å². The molecule has 2 heterocycles. The number of anilines is 1. The fourth-order valence-corrected chi connectivity index (χ4v) is 1.99. The zero-order valence-corrected chi connectivity index (χ0v) is 12.4. The first-order valence-corrected chi connectivity index (χ1v) is 7.35. The molecular weight excluding hydrogens is 264 g/mol. The lowest BCUT2D eigenvalue weighted by Crippen LogP contribution is -2.06. The quantitative estimate of drug-likeness (QED) is 0.729. The highest BCUT2D eigenvalue weighted by Crippen LogP contribution is 2.08. The second-order valence-corrected chi connectivity index (χ2v) is 5.11. The molecule has 0 aliphatic rings. The molecule has 5 heteroatoms. The molecule has 0 unspecified atom stereocenters. The Kier molecular flexibility index (Phi) is 6.09. The van der Waals surface area contributed by atoms with E-state index in [1.54, 1.807) is 0 Å². The van der Waals surface area contributed by atoms with Gasteiger partial charge in [-0.3, -0.25) is 4.98 Å². The van der Waals surface area contributed by atoms with Crippen LogP contribution in [0.3, 0.4) is 0 Å². The first kappa shape index (κ1) is 15.4. The predicted molar refractivity (Wildman–Crippen MR) is 83.2 cm³/mol. The summed E-state index contributed by atoms with van der Waals surface area (Å²) in [6.45, 7) is 3.08. The van der Waals surface area contributed by atoms with Gasteiger partial charge in [0.05, 0.1) is 0 Å². The van der Waals surface area contributed by atoms with Crippen LogP contribution in [0.5, 0.6) is 0 Å². The number of aliphatic hydroxyl groups excluding tert-OH is 1. The number of pyridine rings is 1. The Morgan fingerprint density at radius 2 is 1.71 bits per heavy atom. The van der Waals surface area contributed by atoms with Crippen molar-refractivity contribution in [2.75, 3.05) is 18.5 Å². The van der Waals surface area contributed by atoms with Gasteiger partial charge in [-0.25, -0.2) is 9.97 Å². The summed E-state index contributed by atoms with van der Waals surface area (Å²) in [5.74, 6) is 0.657. The molecule has 2 aromatic rings. The molecule has 112 valence electrons. The number of unbranched alkanes of at least 4 members (excludes halogenated alkanes) is 2. The molecule has 0 aliphatic carbocycles. The number of aliphatic hydroxyl groups is 1. The van der Waals surface area contributed by atoms with Gasteiger partial charge in [0.1, 0.15) is 0 Å². The monoisotopic (exact) mass is 286 g/mol. The largest absolute Gasteiger partial charge is 0.396 e. The zero-order valence-electron chi connectivity index (χ0n) is 12.4. The average molecular weight is 286 g/mol. The number of rotatable bonds is 8. The van der Waals surface area contributed by atoms with Gasteiger partial charge < -0.3 is 10.4 Å². The Hall–Kier alpha value is -2.01. The van der Waals surface area contributed by atoms with Crippen LogP contribution < -0.4 is 5.32 Å². The minimum absolute atomic E-state index is 0.263. The fourth-order valence-electron chi connectivity index (χ4n) is 1.99. The lowest BCUT2D eigenvalue weighted by atomic mass is 10.1. The molecule has 21 heavy (non-hydrogen) atoms. The topological polar surface area (TPSA) is 70.9 Å². The normalized spacial score (nSPS) is 10.6. The molecule has 0 spiro atoms. The summed E-state index contributed by atoms with van der Waals surface area (Å²) in [4.78, 5) is 12.9. The third-order valence-electron chi connectivity index (χ3n) is 3.20. The highest BCUT2D eigenvalue weighted by Gasteiger charge is 2.00. The third-order valence-corrected chi connectivity index (χ3v) is 3.20. The third kappa shape index (κ3) is 5.47. The lowest BCUT2D eigenvalue weighted by Gasteiger charge is -2.05. The number of hydrogen-bond donors (Lipinski definition) is 2. The van der Waals surface area contributed by atoms with E-state index in [-0.39, 0.29) is 6.61 Å². The van der Waals surface area contributed by atoms with Gasteiger partial charge in [-0.2, -0.15) is 0 Å². The molecule has 5 nitrogen and oxygen atoms in total. The summed E-state index contributed by atoms with van der Waals surface area (Å²) in [6.07, 6.45) is 9.27. The second-order valence-electron chi connectivity index (χ2n) is 5.11. The highest BCUT2D eigenvalue weighted by atomic mass is 16.2. The molecular formula is C16H22N4O. The van der Waals surface area contributed by atoms with Crippen LogP contribution in [0.15, 0.2) is 30.7 Å². The molecule has 0 aliphatic heterocycles. The number of hydrogen-bond acceptors (Lipinski definition) is 5. The fraction of sp³-hybridized carbons (Fsp3) is 0.438. The zero-order chi connectivity index (χ0) is 14.9. The molecule has 0 radical (unpaired) electrons. The number of aromatic nitrogens is 3. The van der Waals surface area contributed by atoms with Gasteiger partial charge >= 0.3 is 0 Å². The molecule has 0 fully saturated rings. The van der Waals surface area contributed by atoms with Crippen LogP contribution in [-0.2, 0) is 6.42 Å². The van der Waals surface area contributed by atoms with E-state index in [4.69, 9.17) is 5.11 Å². The molecule has 2 N–H and O–H groups in total. The summed E-state index contributed by atoms with van der Waals surface area (Å²) in [5, 5.41) is 11.9. The Labute approximate surface area is 125 Å². The van der Waals surface area contributed by atoms with Crippen molar-refractivity contribution in [3.8, 4) is 0 Å². The Morgan fingerprint density at radius 1 is 0.952 bits per heavy atom. The van der Waals surface area contributed by atoms with Crippen molar-refractivity contribution in [2.24, 2.45) is 0 Å². The molecule has 0 atom stereocenters. The maximum Gasteiger partial charge on any atom is 0.222 e. The van der Waals surface area contributed by atoms with Crippen molar-refractivity contribution in [3.05, 3.63) is 47.5 Å². The van der Waals surface area contributed by atoms with Crippen LogP contribution in [0, 0.1) is 6.92 Å². The first-order valence-electron chi connectivity index (χ1n) is 7.35. The van der Waals surface area contributed by atoms with Crippen LogP contribution >= 0.6 is 0 Å². The first-order chi connectivity index (χ1) is 10.3. The van der Waals surface area contributed by atoms with E-state index in [0.29, 0.717) is 5.95 Å². The predicted octanol–water partition coefficient (Wildman–Crippen LogP) is 2.35.